The molecule has 0 unspecified atom stereocenters. The number of thiophene rings is 1. The maximum atomic E-state index is 9.52. The van der Waals surface area contributed by atoms with E-state index in [1.807, 2.05) is 47.7 Å². The molecule has 2 nitrogen and oxygen atoms in total. The molecule has 0 bridgehead atoms. The Hall–Kier alpha value is -6.60. The van der Waals surface area contributed by atoms with Crippen molar-refractivity contribution in [3.8, 4) is 73.1 Å². The topological polar surface area (TPSA) is 36.7 Å². The number of aromatic nitrogens is 1. The Morgan fingerprint density at radius 3 is 1.35 bits per heavy atom. The van der Waals surface area contributed by atoms with E-state index >= 15 is 0 Å². The van der Waals surface area contributed by atoms with E-state index < -0.39 is 0 Å². The van der Waals surface area contributed by atoms with E-state index in [0.29, 0.717) is 5.56 Å². The fraction of sp³-hybridized carbons (Fsp3) is 0. The van der Waals surface area contributed by atoms with Crippen LogP contribution in [0.25, 0.3) is 87.2 Å². The van der Waals surface area contributed by atoms with Gasteiger partial charge in [-0.1, -0.05) is 140 Å². The summed E-state index contributed by atoms with van der Waals surface area (Å²) in [5, 5.41) is 12.1. The van der Waals surface area contributed by atoms with Crippen LogP contribution >= 0.6 is 11.3 Å². The molecule has 0 atom stereocenters. The SMILES string of the molecule is N#Cc1ccc(-c2cc(-c3cc(-c4ccccc4)nc(-c4ccccc4)c3)cc(-c3cccc4c3sc3c(-c5ccccc5)cccc34)c2)cc1. The first-order valence-corrected chi connectivity index (χ1v) is 17.8. The lowest BCUT2D eigenvalue weighted by Crippen LogP contribution is -1.92. The highest BCUT2D eigenvalue weighted by atomic mass is 32.1. The zero-order valence-corrected chi connectivity index (χ0v) is 28.4. The zero-order valence-electron chi connectivity index (χ0n) is 27.6. The summed E-state index contributed by atoms with van der Waals surface area (Å²) < 4.78 is 2.56. The van der Waals surface area contributed by atoms with E-state index in [-0.39, 0.29) is 0 Å². The average molecular weight is 667 g/mol. The van der Waals surface area contributed by atoms with Crippen LogP contribution < -0.4 is 0 Å². The van der Waals surface area contributed by atoms with Crippen molar-refractivity contribution in [3.05, 3.63) is 188 Å². The number of hydrogen-bond acceptors (Lipinski definition) is 3. The maximum Gasteiger partial charge on any atom is 0.0991 e. The molecule has 7 aromatic carbocycles. The van der Waals surface area contributed by atoms with Crippen LogP contribution in [0.2, 0.25) is 0 Å². The van der Waals surface area contributed by atoms with Gasteiger partial charge in [-0.3, -0.25) is 0 Å². The fourth-order valence-corrected chi connectivity index (χ4v) is 8.33. The smallest absolute Gasteiger partial charge is 0.0991 e. The molecule has 3 heteroatoms. The van der Waals surface area contributed by atoms with E-state index in [2.05, 4.69) is 152 Å². The van der Waals surface area contributed by atoms with Crippen LogP contribution in [-0.2, 0) is 0 Å². The third kappa shape index (κ3) is 5.78. The minimum atomic E-state index is 0.647. The van der Waals surface area contributed by atoms with Crippen LogP contribution in [0.4, 0.5) is 0 Å². The molecular weight excluding hydrogens is 637 g/mol. The van der Waals surface area contributed by atoms with Gasteiger partial charge in [-0.2, -0.15) is 5.26 Å². The molecule has 0 aliphatic carbocycles. The predicted molar refractivity (Wildman–Crippen MR) is 214 cm³/mol. The molecule has 9 aromatic rings. The summed E-state index contributed by atoms with van der Waals surface area (Å²) in [6.07, 6.45) is 0. The van der Waals surface area contributed by atoms with Gasteiger partial charge in [-0.15, -0.1) is 11.3 Å². The van der Waals surface area contributed by atoms with Gasteiger partial charge in [-0.25, -0.2) is 4.98 Å². The monoisotopic (exact) mass is 666 g/mol. The van der Waals surface area contributed by atoms with Crippen molar-refractivity contribution >= 4 is 31.5 Å². The largest absolute Gasteiger partial charge is 0.248 e. The van der Waals surface area contributed by atoms with Gasteiger partial charge < -0.3 is 0 Å². The summed E-state index contributed by atoms with van der Waals surface area (Å²) in [4.78, 5) is 5.15. The highest BCUT2D eigenvalue weighted by Gasteiger charge is 2.17. The molecule has 2 heterocycles. The third-order valence-corrected chi connectivity index (χ3v) is 10.8. The Morgan fingerprint density at radius 1 is 0.373 bits per heavy atom. The molecule has 9 rings (SSSR count). The van der Waals surface area contributed by atoms with Crippen LogP contribution in [0.3, 0.4) is 0 Å². The van der Waals surface area contributed by atoms with Crippen molar-refractivity contribution in [1.82, 2.24) is 4.98 Å². The molecule has 0 amide bonds. The van der Waals surface area contributed by atoms with Gasteiger partial charge in [0.2, 0.25) is 0 Å². The minimum absolute atomic E-state index is 0.647. The van der Waals surface area contributed by atoms with Gasteiger partial charge in [0.25, 0.3) is 0 Å². The van der Waals surface area contributed by atoms with Crippen molar-refractivity contribution in [3.63, 3.8) is 0 Å². The Labute approximate surface area is 301 Å². The number of benzene rings is 7. The van der Waals surface area contributed by atoms with Gasteiger partial charge >= 0.3 is 0 Å². The fourth-order valence-electron chi connectivity index (χ4n) is 6.96. The standard InChI is InChI=1S/C48H30N2S/c49-31-32-22-24-33(25-23-32)37-26-38(39-29-45(35-14-6-2-7-15-35)50-46(30-39)36-16-8-3-9-17-36)28-40(27-37)42-19-11-21-44-43-20-10-18-41(47(43)51-48(42)44)34-12-4-1-5-13-34/h1-30H. The van der Waals surface area contributed by atoms with E-state index in [9.17, 15) is 5.26 Å². The van der Waals surface area contributed by atoms with Crippen molar-refractivity contribution in [2.75, 3.05) is 0 Å². The molecule has 51 heavy (non-hydrogen) atoms. The lowest BCUT2D eigenvalue weighted by atomic mass is 9.91. The lowest BCUT2D eigenvalue weighted by molar-refractivity contribution is 1.32. The number of hydrogen-bond donors (Lipinski definition) is 0. The molecule has 0 spiro atoms. The Kier molecular flexibility index (Phi) is 7.78. The third-order valence-electron chi connectivity index (χ3n) is 9.50. The average Bonchev–Trinajstić information content (AvgIpc) is 3.61. The summed E-state index contributed by atoms with van der Waals surface area (Å²) in [6, 6.07) is 66.2. The molecule has 0 fully saturated rings. The summed E-state index contributed by atoms with van der Waals surface area (Å²) in [5.41, 5.74) is 13.8. The quantitative estimate of drug-likeness (QED) is 0.177. The van der Waals surface area contributed by atoms with Crippen molar-refractivity contribution in [1.29, 1.82) is 5.26 Å². The Morgan fingerprint density at radius 2 is 0.824 bits per heavy atom. The zero-order chi connectivity index (χ0) is 34.1. The second kappa shape index (κ2) is 13.0. The number of fused-ring (bicyclic) bond motifs is 3. The van der Waals surface area contributed by atoms with E-state index in [1.54, 1.807) is 0 Å². The highest BCUT2D eigenvalue weighted by molar-refractivity contribution is 7.26. The van der Waals surface area contributed by atoms with Gasteiger partial charge in [0.15, 0.2) is 0 Å². The Bertz CT molecular complexity index is 2670. The molecule has 238 valence electrons. The summed E-state index contributed by atoms with van der Waals surface area (Å²) >= 11 is 1.87. The van der Waals surface area contributed by atoms with Crippen molar-refractivity contribution in [2.45, 2.75) is 0 Å². The lowest BCUT2D eigenvalue weighted by Gasteiger charge is -2.14. The first-order chi connectivity index (χ1) is 25.2. The summed E-state index contributed by atoms with van der Waals surface area (Å²) in [6.45, 7) is 0. The first kappa shape index (κ1) is 30.5. The molecule has 2 aromatic heterocycles. The summed E-state index contributed by atoms with van der Waals surface area (Å²) in [7, 11) is 0. The molecular formula is C48H30N2S. The number of rotatable bonds is 6. The second-order valence-corrected chi connectivity index (χ2v) is 13.7. The number of nitriles is 1. The van der Waals surface area contributed by atoms with Crippen molar-refractivity contribution in [2.24, 2.45) is 0 Å². The Balaban J connectivity index is 1.29. The van der Waals surface area contributed by atoms with Gasteiger partial charge in [0.1, 0.15) is 0 Å². The molecule has 0 aliphatic heterocycles. The molecule has 0 aliphatic rings. The summed E-state index contributed by atoms with van der Waals surface area (Å²) in [5.74, 6) is 0. The molecule has 0 radical (unpaired) electrons. The number of nitrogens with zero attached hydrogens (tertiary/aromatic N) is 2. The van der Waals surface area contributed by atoms with E-state index in [0.717, 1.165) is 50.3 Å². The normalized spacial score (nSPS) is 11.1. The van der Waals surface area contributed by atoms with Gasteiger partial charge in [0, 0.05) is 31.3 Å². The van der Waals surface area contributed by atoms with E-state index in [4.69, 9.17) is 4.98 Å². The maximum absolute atomic E-state index is 9.52. The van der Waals surface area contributed by atoms with Gasteiger partial charge in [0.05, 0.1) is 23.0 Å². The van der Waals surface area contributed by atoms with Crippen LogP contribution in [0.5, 0.6) is 0 Å². The highest BCUT2D eigenvalue weighted by Crippen LogP contribution is 2.45. The van der Waals surface area contributed by atoms with Crippen LogP contribution in [-0.4, -0.2) is 4.98 Å². The molecule has 0 N–H and O–H groups in total. The van der Waals surface area contributed by atoms with Crippen LogP contribution in [0, 0.1) is 11.3 Å². The second-order valence-electron chi connectivity index (χ2n) is 12.7. The van der Waals surface area contributed by atoms with Crippen LogP contribution in [0.1, 0.15) is 5.56 Å². The van der Waals surface area contributed by atoms with Gasteiger partial charge in [-0.05, 0) is 87.0 Å². The first-order valence-electron chi connectivity index (χ1n) is 17.0. The number of pyridine rings is 1. The van der Waals surface area contributed by atoms with Crippen molar-refractivity contribution < 1.29 is 0 Å². The van der Waals surface area contributed by atoms with E-state index in [1.165, 1.54) is 36.9 Å². The molecule has 0 saturated carbocycles. The molecule has 0 saturated heterocycles. The predicted octanol–water partition coefficient (Wildman–Crippen LogP) is 13.3. The minimum Gasteiger partial charge on any atom is -0.248 e. The van der Waals surface area contributed by atoms with Crippen LogP contribution in [0.15, 0.2) is 182 Å².